The number of likely N-dealkylation sites (N-methyl/N-ethyl adjacent to an activating group) is 1. The maximum atomic E-state index is 5.49. The normalized spacial score (nSPS) is 21.7. The van der Waals surface area contributed by atoms with Crippen LogP contribution in [0.2, 0.25) is 0 Å². The van der Waals surface area contributed by atoms with Gasteiger partial charge in [-0.25, -0.2) is 0 Å². The molecule has 1 heterocycles. The van der Waals surface area contributed by atoms with E-state index in [1.54, 1.807) is 7.11 Å². The molecule has 0 amide bonds. The van der Waals surface area contributed by atoms with Crippen LogP contribution in [0.5, 0.6) is 0 Å². The van der Waals surface area contributed by atoms with E-state index in [9.17, 15) is 0 Å². The minimum absolute atomic E-state index is 0.385. The van der Waals surface area contributed by atoms with E-state index in [1.807, 2.05) is 0 Å². The highest BCUT2D eigenvalue weighted by atomic mass is 79.9. The minimum atomic E-state index is 0.385. The van der Waals surface area contributed by atoms with E-state index in [2.05, 4.69) is 34.7 Å². The Kier molecular flexibility index (Phi) is 7.00. The number of hydrogen-bond donors (Lipinski definition) is 0. The van der Waals surface area contributed by atoms with Gasteiger partial charge in [-0.1, -0.05) is 22.9 Å². The van der Waals surface area contributed by atoms with Crippen LogP contribution in [0, 0.1) is 5.41 Å². The zero-order valence-electron chi connectivity index (χ0n) is 11.4. The molecule has 3 nitrogen and oxygen atoms in total. The summed E-state index contributed by atoms with van der Waals surface area (Å²) in [7, 11) is 1.78. The van der Waals surface area contributed by atoms with Crippen LogP contribution >= 0.6 is 15.9 Å². The Morgan fingerprint density at radius 1 is 1.41 bits per heavy atom. The average molecular weight is 308 g/mol. The number of nitrogens with zero attached hydrogens (tertiary/aromatic N) is 1. The molecule has 4 heteroatoms. The number of methoxy groups -OCH3 is 1. The van der Waals surface area contributed by atoms with Crippen LogP contribution in [0.1, 0.15) is 26.7 Å². The molecule has 17 heavy (non-hydrogen) atoms. The molecule has 1 atom stereocenters. The number of halogens is 1. The van der Waals surface area contributed by atoms with E-state index in [0.29, 0.717) is 11.5 Å². The van der Waals surface area contributed by atoms with E-state index in [4.69, 9.17) is 9.47 Å². The third kappa shape index (κ3) is 4.51. The van der Waals surface area contributed by atoms with Gasteiger partial charge < -0.3 is 9.47 Å². The monoisotopic (exact) mass is 307 g/mol. The molecule has 0 saturated carbocycles. The summed E-state index contributed by atoms with van der Waals surface area (Å²) in [5.74, 6) is 0. The van der Waals surface area contributed by atoms with Crippen LogP contribution in [0.15, 0.2) is 0 Å². The molecule has 1 saturated heterocycles. The van der Waals surface area contributed by atoms with Gasteiger partial charge in [-0.3, -0.25) is 4.90 Å². The van der Waals surface area contributed by atoms with Crippen LogP contribution in [-0.2, 0) is 9.47 Å². The van der Waals surface area contributed by atoms with Gasteiger partial charge in [-0.15, -0.1) is 0 Å². The molecule has 0 aromatic carbocycles. The zero-order chi connectivity index (χ0) is 12.7. The van der Waals surface area contributed by atoms with Gasteiger partial charge in [0.15, 0.2) is 0 Å². The predicted octanol–water partition coefficient (Wildman–Crippen LogP) is 2.53. The average Bonchev–Trinajstić information content (AvgIpc) is 2.37. The van der Waals surface area contributed by atoms with Crippen molar-refractivity contribution in [2.75, 3.05) is 45.4 Å². The molecule has 1 unspecified atom stereocenters. The van der Waals surface area contributed by atoms with Crippen LogP contribution in [0.3, 0.4) is 0 Å². The zero-order valence-corrected chi connectivity index (χ0v) is 13.0. The number of alkyl halides is 1. The fraction of sp³-hybridized carbons (Fsp3) is 1.00. The Morgan fingerprint density at radius 2 is 2.06 bits per heavy atom. The summed E-state index contributed by atoms with van der Waals surface area (Å²) in [6.07, 6.45) is 2.32. The third-order valence-electron chi connectivity index (χ3n) is 3.81. The van der Waals surface area contributed by atoms with Crippen molar-refractivity contribution in [2.24, 2.45) is 5.41 Å². The second-order valence-electron chi connectivity index (χ2n) is 5.11. The van der Waals surface area contributed by atoms with Crippen molar-refractivity contribution in [2.45, 2.75) is 32.7 Å². The fourth-order valence-corrected chi connectivity index (χ4v) is 3.23. The van der Waals surface area contributed by atoms with Crippen molar-refractivity contribution in [3.05, 3.63) is 0 Å². The summed E-state index contributed by atoms with van der Waals surface area (Å²) in [6.45, 7) is 9.32. The molecule has 0 N–H and O–H groups in total. The highest BCUT2D eigenvalue weighted by molar-refractivity contribution is 9.09. The van der Waals surface area contributed by atoms with Gasteiger partial charge in [-0.05, 0) is 31.7 Å². The maximum Gasteiger partial charge on any atom is 0.0615 e. The SMILES string of the molecule is CCN(CC1(CBr)CCOCC1)C(C)COC. The summed E-state index contributed by atoms with van der Waals surface area (Å²) in [5.41, 5.74) is 0.385. The molecule has 0 aliphatic carbocycles. The highest BCUT2D eigenvalue weighted by Crippen LogP contribution is 2.33. The van der Waals surface area contributed by atoms with E-state index in [0.717, 1.165) is 51.1 Å². The molecule has 0 radical (unpaired) electrons. The number of ether oxygens (including phenoxy) is 2. The molecule has 0 aromatic heterocycles. The summed E-state index contributed by atoms with van der Waals surface area (Å²) in [5, 5.41) is 1.07. The number of rotatable bonds is 7. The summed E-state index contributed by atoms with van der Waals surface area (Å²) in [6, 6.07) is 0.490. The first-order valence-electron chi connectivity index (χ1n) is 6.54. The molecular weight excluding hydrogens is 282 g/mol. The first-order chi connectivity index (χ1) is 8.17. The Morgan fingerprint density at radius 3 is 2.53 bits per heavy atom. The molecule has 0 spiro atoms. The van der Waals surface area contributed by atoms with Crippen molar-refractivity contribution in [1.29, 1.82) is 0 Å². The Labute approximate surface area is 114 Å². The predicted molar refractivity (Wildman–Crippen MR) is 74.9 cm³/mol. The van der Waals surface area contributed by atoms with Crippen LogP contribution in [0.4, 0.5) is 0 Å². The lowest BCUT2D eigenvalue weighted by molar-refractivity contribution is -0.00468. The third-order valence-corrected chi connectivity index (χ3v) is 5.00. The van der Waals surface area contributed by atoms with E-state index in [1.165, 1.54) is 0 Å². The molecular formula is C13H26BrNO2. The first kappa shape index (κ1) is 15.4. The summed E-state index contributed by atoms with van der Waals surface area (Å²) < 4.78 is 10.7. The van der Waals surface area contributed by atoms with Gasteiger partial charge in [0.25, 0.3) is 0 Å². The topological polar surface area (TPSA) is 21.7 Å². The van der Waals surface area contributed by atoms with Gasteiger partial charge >= 0.3 is 0 Å². The Balaban J connectivity index is 2.57. The van der Waals surface area contributed by atoms with Crippen LogP contribution in [-0.4, -0.2) is 56.3 Å². The van der Waals surface area contributed by atoms with Gasteiger partial charge in [0.2, 0.25) is 0 Å². The van der Waals surface area contributed by atoms with Crippen molar-refractivity contribution in [1.82, 2.24) is 4.90 Å². The summed E-state index contributed by atoms with van der Waals surface area (Å²) >= 11 is 3.70. The van der Waals surface area contributed by atoms with Crippen LogP contribution < -0.4 is 0 Å². The second-order valence-corrected chi connectivity index (χ2v) is 5.67. The quantitative estimate of drug-likeness (QED) is 0.675. The Bertz CT molecular complexity index is 208. The Hall–Kier alpha value is 0.360. The largest absolute Gasteiger partial charge is 0.383 e. The van der Waals surface area contributed by atoms with Crippen molar-refractivity contribution >= 4 is 15.9 Å². The lowest BCUT2D eigenvalue weighted by Crippen LogP contribution is -2.47. The molecule has 1 aliphatic heterocycles. The first-order valence-corrected chi connectivity index (χ1v) is 7.66. The lowest BCUT2D eigenvalue weighted by Gasteiger charge is -2.41. The van der Waals surface area contributed by atoms with Gasteiger partial charge in [-0.2, -0.15) is 0 Å². The van der Waals surface area contributed by atoms with Gasteiger partial charge in [0.05, 0.1) is 6.61 Å². The molecule has 1 fully saturated rings. The van der Waals surface area contributed by atoms with E-state index in [-0.39, 0.29) is 0 Å². The molecule has 0 bridgehead atoms. The van der Waals surface area contributed by atoms with Gasteiger partial charge in [0, 0.05) is 38.2 Å². The molecule has 1 aliphatic rings. The molecule has 0 aromatic rings. The maximum absolute atomic E-state index is 5.49. The van der Waals surface area contributed by atoms with Crippen molar-refractivity contribution in [3.63, 3.8) is 0 Å². The highest BCUT2D eigenvalue weighted by Gasteiger charge is 2.34. The van der Waals surface area contributed by atoms with E-state index >= 15 is 0 Å². The second kappa shape index (κ2) is 7.72. The van der Waals surface area contributed by atoms with Gasteiger partial charge in [0.1, 0.15) is 0 Å². The molecule has 1 rings (SSSR count). The summed E-state index contributed by atoms with van der Waals surface area (Å²) in [4.78, 5) is 2.52. The van der Waals surface area contributed by atoms with Crippen LogP contribution in [0.25, 0.3) is 0 Å². The van der Waals surface area contributed by atoms with Crippen molar-refractivity contribution < 1.29 is 9.47 Å². The molecule has 102 valence electrons. The lowest BCUT2D eigenvalue weighted by atomic mass is 9.81. The number of hydrogen-bond acceptors (Lipinski definition) is 3. The standard InChI is InChI=1S/C13H26BrNO2/c1-4-15(12(2)9-16-3)11-13(10-14)5-7-17-8-6-13/h12H,4-11H2,1-3H3. The van der Waals surface area contributed by atoms with Crippen molar-refractivity contribution in [3.8, 4) is 0 Å². The minimum Gasteiger partial charge on any atom is -0.383 e. The smallest absolute Gasteiger partial charge is 0.0615 e. The van der Waals surface area contributed by atoms with E-state index < -0.39 is 0 Å². The fourth-order valence-electron chi connectivity index (χ4n) is 2.50.